The van der Waals surface area contributed by atoms with E-state index in [1.165, 1.54) is 58.4 Å². The van der Waals surface area contributed by atoms with Crippen LogP contribution in [0.4, 0.5) is 0 Å². The lowest BCUT2D eigenvalue weighted by atomic mass is 9.79. The third-order valence-electron chi connectivity index (χ3n) is 11.2. The third kappa shape index (κ3) is 5.96. The number of likely N-dealkylation sites (tertiary alicyclic amines) is 4. The standard InChI is InChI=1S/2C11H21N.C9H18N2/c2*1-11(2,3)9-5-8-7-12(4)10(8)6-9;1-7(2)11-5-8-4-10(3)9(8)6-11/h2*8-10H,5-7H2,1-4H3;7-9H,4-6H2,1-3H3/t2*8-,9?,10-;/m10./s1. The summed E-state index contributed by atoms with van der Waals surface area (Å²) in [6.07, 6.45) is 5.87. The van der Waals surface area contributed by atoms with E-state index in [0.717, 1.165) is 53.8 Å². The van der Waals surface area contributed by atoms with Crippen LogP contribution in [0.25, 0.3) is 0 Å². The first-order chi connectivity index (χ1) is 16.1. The van der Waals surface area contributed by atoms with E-state index < -0.39 is 0 Å². The summed E-state index contributed by atoms with van der Waals surface area (Å²) in [7, 11) is 6.78. The molecule has 4 saturated heterocycles. The second-order valence-corrected chi connectivity index (χ2v) is 15.9. The molecule has 6 fully saturated rings. The predicted octanol–water partition coefficient (Wildman–Crippen LogP) is 5.39. The van der Waals surface area contributed by atoms with Gasteiger partial charge >= 0.3 is 0 Å². The average molecular weight is 489 g/mol. The van der Waals surface area contributed by atoms with Gasteiger partial charge in [-0.3, -0.25) is 4.90 Å². The van der Waals surface area contributed by atoms with E-state index in [0.29, 0.717) is 10.8 Å². The Hall–Kier alpha value is -0.160. The first-order valence-corrected chi connectivity index (χ1v) is 15.0. The number of rotatable bonds is 1. The van der Waals surface area contributed by atoms with Crippen molar-refractivity contribution in [1.29, 1.82) is 0 Å². The summed E-state index contributed by atoms with van der Waals surface area (Å²) in [4.78, 5) is 10.1. The molecule has 0 aromatic heterocycles. The molecule has 6 aliphatic rings. The molecule has 4 nitrogen and oxygen atoms in total. The van der Waals surface area contributed by atoms with E-state index in [4.69, 9.17) is 0 Å². The molecule has 4 aliphatic heterocycles. The van der Waals surface area contributed by atoms with E-state index in [2.05, 4.69) is 96.1 Å². The van der Waals surface area contributed by atoms with Crippen molar-refractivity contribution in [2.75, 3.05) is 53.9 Å². The van der Waals surface area contributed by atoms with Gasteiger partial charge in [-0.1, -0.05) is 41.5 Å². The van der Waals surface area contributed by atoms with Crippen LogP contribution in [0.5, 0.6) is 0 Å². The molecule has 0 bridgehead atoms. The second-order valence-electron chi connectivity index (χ2n) is 15.9. The van der Waals surface area contributed by atoms with Gasteiger partial charge in [0.2, 0.25) is 0 Å². The van der Waals surface area contributed by atoms with Gasteiger partial charge < -0.3 is 14.7 Å². The molecule has 0 aromatic carbocycles. The van der Waals surface area contributed by atoms with Gasteiger partial charge in [-0.05, 0) is 95.2 Å². The zero-order valence-corrected chi connectivity index (χ0v) is 25.3. The lowest BCUT2D eigenvalue weighted by Gasteiger charge is -2.41. The molecule has 4 heteroatoms. The highest BCUT2D eigenvalue weighted by atomic mass is 15.3. The molecular weight excluding hydrogens is 428 g/mol. The molecular formula is C31H60N4. The average Bonchev–Trinajstić information content (AvgIpc) is 3.38. The Kier molecular flexibility index (Phi) is 8.11. The molecule has 8 atom stereocenters. The molecule has 0 radical (unpaired) electrons. The van der Waals surface area contributed by atoms with Crippen molar-refractivity contribution in [3.8, 4) is 0 Å². The summed E-state index contributed by atoms with van der Waals surface area (Å²) in [6, 6.07) is 3.51. The van der Waals surface area contributed by atoms with Crippen molar-refractivity contribution in [3.05, 3.63) is 0 Å². The number of fused-ring (bicyclic) bond motifs is 3. The Morgan fingerprint density at radius 3 is 1.20 bits per heavy atom. The summed E-state index contributed by atoms with van der Waals surface area (Å²) in [5, 5.41) is 0. The maximum atomic E-state index is 2.60. The molecule has 35 heavy (non-hydrogen) atoms. The van der Waals surface area contributed by atoms with E-state index in [1.54, 1.807) is 0 Å². The van der Waals surface area contributed by atoms with E-state index in [1.807, 2.05) is 0 Å². The Morgan fingerprint density at radius 2 is 0.914 bits per heavy atom. The smallest absolute Gasteiger partial charge is 0.0273 e. The van der Waals surface area contributed by atoms with Gasteiger partial charge in [0, 0.05) is 62.8 Å². The minimum atomic E-state index is 0.540. The van der Waals surface area contributed by atoms with Crippen molar-refractivity contribution in [3.63, 3.8) is 0 Å². The van der Waals surface area contributed by atoms with E-state index in [-0.39, 0.29) is 0 Å². The Morgan fingerprint density at radius 1 is 0.514 bits per heavy atom. The summed E-state index contributed by atoms with van der Waals surface area (Å²) >= 11 is 0. The molecule has 4 unspecified atom stereocenters. The first kappa shape index (κ1) is 27.9. The van der Waals surface area contributed by atoms with Gasteiger partial charge in [-0.15, -0.1) is 0 Å². The molecule has 204 valence electrons. The highest BCUT2D eigenvalue weighted by molar-refractivity contribution is 5.02. The highest BCUT2D eigenvalue weighted by Gasteiger charge is 2.48. The topological polar surface area (TPSA) is 13.0 Å². The largest absolute Gasteiger partial charge is 0.303 e. The van der Waals surface area contributed by atoms with E-state index >= 15 is 0 Å². The molecule has 2 aliphatic carbocycles. The SMILES string of the molecule is CC(C)N1CC2CN(C)C2C1.CN1C[C@@H]2CC(C(C)(C)C)C[C@@H]21.CN1C[C@H]2CC(C(C)(C)C)C[C@H]21. The quantitative estimate of drug-likeness (QED) is 0.491. The van der Waals surface area contributed by atoms with Crippen molar-refractivity contribution in [1.82, 2.24) is 19.6 Å². The van der Waals surface area contributed by atoms with Crippen LogP contribution in [-0.2, 0) is 0 Å². The van der Waals surface area contributed by atoms with Crippen LogP contribution >= 0.6 is 0 Å². The van der Waals surface area contributed by atoms with Gasteiger partial charge in [0.25, 0.3) is 0 Å². The predicted molar refractivity (Wildman–Crippen MR) is 151 cm³/mol. The fraction of sp³-hybridized carbons (Fsp3) is 1.00. The molecule has 0 amide bonds. The van der Waals surface area contributed by atoms with E-state index in [9.17, 15) is 0 Å². The van der Waals surface area contributed by atoms with Crippen LogP contribution in [0.2, 0.25) is 0 Å². The van der Waals surface area contributed by atoms with Crippen molar-refractivity contribution < 1.29 is 0 Å². The van der Waals surface area contributed by atoms with Crippen molar-refractivity contribution in [2.24, 2.45) is 40.4 Å². The van der Waals surface area contributed by atoms with Crippen LogP contribution < -0.4 is 0 Å². The molecule has 0 N–H and O–H groups in total. The molecule has 4 heterocycles. The third-order valence-corrected chi connectivity index (χ3v) is 11.2. The molecule has 2 saturated carbocycles. The summed E-state index contributed by atoms with van der Waals surface area (Å²) in [5.41, 5.74) is 1.08. The van der Waals surface area contributed by atoms with Crippen LogP contribution in [0.15, 0.2) is 0 Å². The molecule has 0 spiro atoms. The normalized spacial score (nSPS) is 41.5. The number of hydrogen-bond donors (Lipinski definition) is 0. The van der Waals surface area contributed by atoms with Gasteiger partial charge in [0.1, 0.15) is 0 Å². The fourth-order valence-corrected chi connectivity index (χ4v) is 8.18. The number of hydrogen-bond acceptors (Lipinski definition) is 4. The Bertz CT molecular complexity index is 664. The lowest BCUT2D eigenvalue weighted by Crippen LogP contribution is -2.52. The Labute approximate surface area is 219 Å². The van der Waals surface area contributed by atoms with Crippen LogP contribution in [-0.4, -0.2) is 97.6 Å². The van der Waals surface area contributed by atoms with Gasteiger partial charge in [-0.25, -0.2) is 0 Å². The van der Waals surface area contributed by atoms with Gasteiger partial charge in [0.05, 0.1) is 0 Å². The zero-order chi connectivity index (χ0) is 25.9. The lowest BCUT2D eigenvalue weighted by molar-refractivity contribution is 0.0678. The molecule has 6 rings (SSSR count). The van der Waals surface area contributed by atoms with Gasteiger partial charge in [-0.2, -0.15) is 0 Å². The summed E-state index contributed by atoms with van der Waals surface area (Å²) < 4.78 is 0. The minimum Gasteiger partial charge on any atom is -0.303 e. The minimum absolute atomic E-state index is 0.540. The molecule has 0 aromatic rings. The van der Waals surface area contributed by atoms with Crippen LogP contribution in [0.3, 0.4) is 0 Å². The van der Waals surface area contributed by atoms with Crippen molar-refractivity contribution in [2.45, 2.75) is 105 Å². The summed E-state index contributed by atoms with van der Waals surface area (Å²) in [6.45, 7) is 25.6. The number of nitrogens with zero attached hydrogens (tertiary/aromatic N) is 4. The highest BCUT2D eigenvalue weighted by Crippen LogP contribution is 2.49. The Balaban J connectivity index is 0.000000124. The monoisotopic (exact) mass is 488 g/mol. The number of likely N-dealkylation sites (N-methyl/N-ethyl adjacent to an activating group) is 1. The fourth-order valence-electron chi connectivity index (χ4n) is 8.18. The zero-order valence-electron chi connectivity index (χ0n) is 25.3. The maximum absolute atomic E-state index is 2.60. The van der Waals surface area contributed by atoms with Crippen LogP contribution in [0.1, 0.15) is 81.1 Å². The van der Waals surface area contributed by atoms with Crippen LogP contribution in [0, 0.1) is 40.4 Å². The second kappa shape index (κ2) is 10.2. The summed E-state index contributed by atoms with van der Waals surface area (Å²) in [5.74, 6) is 5.01. The first-order valence-electron chi connectivity index (χ1n) is 15.0. The van der Waals surface area contributed by atoms with Gasteiger partial charge in [0.15, 0.2) is 0 Å². The maximum Gasteiger partial charge on any atom is 0.0273 e. The van der Waals surface area contributed by atoms with Crippen molar-refractivity contribution >= 4 is 0 Å².